The molecule has 1 unspecified atom stereocenters. The van der Waals surface area contributed by atoms with E-state index in [4.69, 9.17) is 20.9 Å². The minimum Gasteiger partial charge on any atom is -0.497 e. The Bertz CT molecular complexity index is 386. The highest BCUT2D eigenvalue weighted by Crippen LogP contribution is 2.31. The van der Waals surface area contributed by atoms with Crippen molar-refractivity contribution in [2.24, 2.45) is 11.5 Å². The Labute approximate surface area is 109 Å². The van der Waals surface area contributed by atoms with Crippen LogP contribution in [0.5, 0.6) is 11.5 Å². The van der Waals surface area contributed by atoms with E-state index in [1.807, 2.05) is 32.0 Å². The number of hydrogen-bond donors (Lipinski definition) is 2. The summed E-state index contributed by atoms with van der Waals surface area (Å²) < 4.78 is 10.5. The monoisotopic (exact) mass is 252 g/mol. The summed E-state index contributed by atoms with van der Waals surface area (Å²) in [7, 11) is 3.28. The van der Waals surface area contributed by atoms with Crippen LogP contribution in [-0.4, -0.2) is 19.8 Å². The molecule has 0 aliphatic carbocycles. The fourth-order valence-electron chi connectivity index (χ4n) is 1.81. The van der Waals surface area contributed by atoms with Gasteiger partial charge in [-0.1, -0.05) is 0 Å². The minimum atomic E-state index is -0.205. The predicted octanol–water partition coefficient (Wildman–Crippen LogP) is 2.22. The Kier molecular flexibility index (Phi) is 4.99. The van der Waals surface area contributed by atoms with Crippen LogP contribution in [0.4, 0.5) is 0 Å². The van der Waals surface area contributed by atoms with Gasteiger partial charge < -0.3 is 20.9 Å². The molecule has 0 aliphatic rings. The SMILES string of the molecule is COc1ccc(OC)c(C(N)CCC(C)(C)N)c1. The van der Waals surface area contributed by atoms with Crippen LogP contribution < -0.4 is 20.9 Å². The first-order valence-electron chi connectivity index (χ1n) is 6.14. The molecule has 4 nitrogen and oxygen atoms in total. The average molecular weight is 252 g/mol. The first-order valence-corrected chi connectivity index (χ1v) is 6.14. The average Bonchev–Trinajstić information content (AvgIpc) is 2.34. The van der Waals surface area contributed by atoms with E-state index in [0.717, 1.165) is 29.9 Å². The molecule has 1 rings (SSSR count). The van der Waals surface area contributed by atoms with Gasteiger partial charge in [0.15, 0.2) is 0 Å². The zero-order valence-corrected chi connectivity index (χ0v) is 11.7. The molecule has 1 aromatic carbocycles. The Balaban J connectivity index is 2.85. The smallest absolute Gasteiger partial charge is 0.123 e. The van der Waals surface area contributed by atoms with Gasteiger partial charge in [-0.25, -0.2) is 0 Å². The van der Waals surface area contributed by atoms with Gasteiger partial charge in [-0.2, -0.15) is 0 Å². The molecule has 0 radical (unpaired) electrons. The summed E-state index contributed by atoms with van der Waals surface area (Å²) in [5.41, 5.74) is 12.9. The summed E-state index contributed by atoms with van der Waals surface area (Å²) in [4.78, 5) is 0. The van der Waals surface area contributed by atoms with E-state index >= 15 is 0 Å². The Morgan fingerprint density at radius 3 is 2.39 bits per heavy atom. The summed E-state index contributed by atoms with van der Waals surface area (Å²) in [5.74, 6) is 1.58. The van der Waals surface area contributed by atoms with Crippen LogP contribution >= 0.6 is 0 Å². The molecule has 0 aliphatic heterocycles. The Morgan fingerprint density at radius 2 is 1.89 bits per heavy atom. The maximum Gasteiger partial charge on any atom is 0.123 e. The van der Waals surface area contributed by atoms with Crippen LogP contribution in [0.15, 0.2) is 18.2 Å². The van der Waals surface area contributed by atoms with Crippen molar-refractivity contribution >= 4 is 0 Å². The first kappa shape index (κ1) is 14.8. The highest BCUT2D eigenvalue weighted by molar-refractivity contribution is 5.42. The maximum absolute atomic E-state index is 6.21. The molecule has 1 atom stereocenters. The summed E-state index contributed by atoms with van der Waals surface area (Å²) in [6.45, 7) is 4.01. The van der Waals surface area contributed by atoms with Crippen molar-refractivity contribution in [3.8, 4) is 11.5 Å². The van der Waals surface area contributed by atoms with Gasteiger partial charge in [-0.3, -0.25) is 0 Å². The largest absolute Gasteiger partial charge is 0.497 e. The molecular formula is C14H24N2O2. The fraction of sp³-hybridized carbons (Fsp3) is 0.571. The molecular weight excluding hydrogens is 228 g/mol. The Morgan fingerprint density at radius 1 is 1.22 bits per heavy atom. The summed E-state index contributed by atoms with van der Waals surface area (Å²) >= 11 is 0. The van der Waals surface area contributed by atoms with Crippen molar-refractivity contribution in [3.63, 3.8) is 0 Å². The van der Waals surface area contributed by atoms with Gasteiger partial charge in [0.2, 0.25) is 0 Å². The van der Waals surface area contributed by atoms with E-state index in [2.05, 4.69) is 0 Å². The van der Waals surface area contributed by atoms with Crippen LogP contribution in [0, 0.1) is 0 Å². The molecule has 4 N–H and O–H groups in total. The summed E-state index contributed by atoms with van der Waals surface area (Å²) in [5, 5.41) is 0. The molecule has 0 amide bonds. The van der Waals surface area contributed by atoms with Gasteiger partial charge in [0.05, 0.1) is 14.2 Å². The third-order valence-corrected chi connectivity index (χ3v) is 2.94. The lowest BCUT2D eigenvalue weighted by atomic mass is 9.93. The predicted molar refractivity (Wildman–Crippen MR) is 74.0 cm³/mol. The summed E-state index contributed by atoms with van der Waals surface area (Å²) in [6.07, 6.45) is 1.67. The topological polar surface area (TPSA) is 70.5 Å². The molecule has 1 aromatic rings. The molecule has 0 spiro atoms. The van der Waals surface area contributed by atoms with Gasteiger partial charge in [0, 0.05) is 17.1 Å². The van der Waals surface area contributed by atoms with Crippen LogP contribution in [-0.2, 0) is 0 Å². The number of methoxy groups -OCH3 is 2. The number of nitrogens with two attached hydrogens (primary N) is 2. The fourth-order valence-corrected chi connectivity index (χ4v) is 1.81. The van der Waals surface area contributed by atoms with Gasteiger partial charge in [-0.05, 0) is 44.9 Å². The quantitative estimate of drug-likeness (QED) is 0.814. The number of ether oxygens (including phenoxy) is 2. The molecule has 0 bridgehead atoms. The third-order valence-electron chi connectivity index (χ3n) is 2.94. The lowest BCUT2D eigenvalue weighted by Crippen LogP contribution is -2.32. The van der Waals surface area contributed by atoms with E-state index < -0.39 is 0 Å². The van der Waals surface area contributed by atoms with Crippen molar-refractivity contribution in [3.05, 3.63) is 23.8 Å². The lowest BCUT2D eigenvalue weighted by Gasteiger charge is -2.22. The second-order valence-electron chi connectivity index (χ2n) is 5.24. The first-order chi connectivity index (χ1) is 8.37. The highest BCUT2D eigenvalue weighted by atomic mass is 16.5. The van der Waals surface area contributed by atoms with Gasteiger partial charge in [-0.15, -0.1) is 0 Å². The second-order valence-corrected chi connectivity index (χ2v) is 5.24. The van der Waals surface area contributed by atoms with Crippen LogP contribution in [0.25, 0.3) is 0 Å². The van der Waals surface area contributed by atoms with E-state index in [1.165, 1.54) is 0 Å². The van der Waals surface area contributed by atoms with Crippen molar-refractivity contribution < 1.29 is 9.47 Å². The molecule has 4 heteroatoms. The summed E-state index contributed by atoms with van der Waals surface area (Å²) in [6, 6.07) is 5.56. The van der Waals surface area contributed by atoms with Crippen molar-refractivity contribution in [2.45, 2.75) is 38.3 Å². The molecule has 0 aromatic heterocycles. The van der Waals surface area contributed by atoms with Gasteiger partial charge >= 0.3 is 0 Å². The third kappa shape index (κ3) is 4.20. The van der Waals surface area contributed by atoms with E-state index in [1.54, 1.807) is 14.2 Å². The normalized spacial score (nSPS) is 13.2. The zero-order chi connectivity index (χ0) is 13.8. The van der Waals surface area contributed by atoms with Crippen molar-refractivity contribution in [1.82, 2.24) is 0 Å². The van der Waals surface area contributed by atoms with Crippen molar-refractivity contribution in [2.75, 3.05) is 14.2 Å². The van der Waals surface area contributed by atoms with Gasteiger partial charge in [0.25, 0.3) is 0 Å². The Hall–Kier alpha value is -1.26. The van der Waals surface area contributed by atoms with Gasteiger partial charge in [0.1, 0.15) is 11.5 Å². The highest BCUT2D eigenvalue weighted by Gasteiger charge is 2.17. The van der Waals surface area contributed by atoms with E-state index in [-0.39, 0.29) is 11.6 Å². The number of hydrogen-bond acceptors (Lipinski definition) is 4. The molecule has 0 saturated heterocycles. The molecule has 0 heterocycles. The second kappa shape index (κ2) is 6.07. The maximum atomic E-state index is 6.21. The standard InChI is InChI=1S/C14H24N2O2/c1-14(2,16)8-7-12(15)11-9-10(17-3)5-6-13(11)18-4/h5-6,9,12H,7-8,15-16H2,1-4H3. The number of rotatable bonds is 6. The van der Waals surface area contributed by atoms with E-state index in [9.17, 15) is 0 Å². The molecule has 102 valence electrons. The van der Waals surface area contributed by atoms with Crippen LogP contribution in [0.2, 0.25) is 0 Å². The van der Waals surface area contributed by atoms with Crippen LogP contribution in [0.1, 0.15) is 38.3 Å². The zero-order valence-electron chi connectivity index (χ0n) is 11.7. The van der Waals surface area contributed by atoms with Crippen LogP contribution in [0.3, 0.4) is 0 Å². The molecule has 0 saturated carbocycles. The molecule has 18 heavy (non-hydrogen) atoms. The lowest BCUT2D eigenvalue weighted by molar-refractivity contribution is 0.386. The molecule has 0 fully saturated rings. The minimum absolute atomic E-state index is 0.0992. The van der Waals surface area contributed by atoms with E-state index in [0.29, 0.717) is 0 Å². The number of benzene rings is 1. The van der Waals surface area contributed by atoms with Crippen molar-refractivity contribution in [1.29, 1.82) is 0 Å².